The first-order chi connectivity index (χ1) is 13.2. The number of fused-ring (bicyclic) bond motifs is 4. The van der Waals surface area contributed by atoms with E-state index in [-0.39, 0.29) is 5.91 Å². The number of aromatic nitrogens is 3. The first kappa shape index (κ1) is 18.2. The fourth-order valence-electron chi connectivity index (χ4n) is 4.52. The highest BCUT2D eigenvalue weighted by Gasteiger charge is 2.37. The number of amides is 1. The standard InChI is InChI=1S/C21H29N5O/c1-16-22-20(24-23-16)12-21(27)26-14-18-9-10-19(26)15-25(13-18)11-5-8-17-6-3-2-4-7-17/h2-4,6-7,18-19H,5,8-15H2,1H3,(H,22,23,24)/t18-,19+/m0/s1. The highest BCUT2D eigenvalue weighted by molar-refractivity contribution is 5.78. The van der Waals surface area contributed by atoms with E-state index in [1.165, 1.54) is 18.4 Å². The molecule has 1 aromatic carbocycles. The predicted molar refractivity (Wildman–Crippen MR) is 104 cm³/mol. The Kier molecular flexibility index (Phi) is 5.53. The van der Waals surface area contributed by atoms with Gasteiger partial charge in [-0.3, -0.25) is 9.89 Å². The summed E-state index contributed by atoms with van der Waals surface area (Å²) >= 11 is 0. The van der Waals surface area contributed by atoms with E-state index in [0.29, 0.717) is 24.2 Å². The summed E-state index contributed by atoms with van der Waals surface area (Å²) < 4.78 is 0. The Morgan fingerprint density at radius 1 is 1.19 bits per heavy atom. The molecule has 6 nitrogen and oxygen atoms in total. The number of carbonyl (C=O) groups excluding carboxylic acids is 1. The Labute approximate surface area is 161 Å². The van der Waals surface area contributed by atoms with E-state index in [9.17, 15) is 4.79 Å². The van der Waals surface area contributed by atoms with Crippen LogP contribution in [0.2, 0.25) is 0 Å². The number of nitrogens with one attached hydrogen (secondary N) is 1. The third-order valence-corrected chi connectivity index (χ3v) is 5.84. The Hall–Kier alpha value is -2.21. The SMILES string of the molecule is Cc1nc(CC(=O)N2C[C@H]3CC[C@@H]2CN(CCCc2ccccc2)C3)n[nH]1. The van der Waals surface area contributed by atoms with Gasteiger partial charge in [-0.15, -0.1) is 0 Å². The molecule has 1 aromatic heterocycles. The summed E-state index contributed by atoms with van der Waals surface area (Å²) in [5.41, 5.74) is 1.41. The van der Waals surface area contributed by atoms with Gasteiger partial charge in [0.1, 0.15) is 5.82 Å². The van der Waals surface area contributed by atoms with Gasteiger partial charge in [-0.25, -0.2) is 4.98 Å². The maximum absolute atomic E-state index is 12.8. The van der Waals surface area contributed by atoms with Crippen LogP contribution in [0.25, 0.3) is 0 Å². The van der Waals surface area contributed by atoms with Crippen molar-refractivity contribution in [2.75, 3.05) is 26.2 Å². The molecule has 27 heavy (non-hydrogen) atoms. The van der Waals surface area contributed by atoms with Crippen LogP contribution in [-0.2, 0) is 17.6 Å². The average molecular weight is 367 g/mol. The molecule has 0 unspecified atom stereocenters. The summed E-state index contributed by atoms with van der Waals surface area (Å²) in [6.07, 6.45) is 4.97. The summed E-state index contributed by atoms with van der Waals surface area (Å²) in [4.78, 5) is 21.8. The minimum atomic E-state index is 0.176. The molecule has 6 heteroatoms. The number of H-pyrrole nitrogens is 1. The molecule has 3 aliphatic heterocycles. The number of piperidine rings is 1. The maximum atomic E-state index is 12.8. The molecule has 5 rings (SSSR count). The summed E-state index contributed by atoms with van der Waals surface area (Å²) in [6.45, 7) is 5.99. The molecule has 0 saturated carbocycles. The average Bonchev–Trinajstić information content (AvgIpc) is 2.89. The molecule has 0 aliphatic carbocycles. The molecular weight excluding hydrogens is 338 g/mol. The van der Waals surface area contributed by atoms with Crippen LogP contribution in [0.1, 0.15) is 36.5 Å². The second-order valence-corrected chi connectivity index (χ2v) is 8.01. The van der Waals surface area contributed by atoms with Gasteiger partial charge in [0.2, 0.25) is 5.91 Å². The number of aryl methyl sites for hydroxylation is 2. The van der Waals surface area contributed by atoms with Crippen molar-refractivity contribution in [3.63, 3.8) is 0 Å². The van der Waals surface area contributed by atoms with E-state index in [1.807, 2.05) is 6.92 Å². The number of benzene rings is 1. The van der Waals surface area contributed by atoms with Crippen LogP contribution >= 0.6 is 0 Å². The van der Waals surface area contributed by atoms with Gasteiger partial charge in [0, 0.05) is 25.7 Å². The molecule has 3 aliphatic rings. The predicted octanol–water partition coefficient (Wildman–Crippen LogP) is 2.21. The van der Waals surface area contributed by atoms with Gasteiger partial charge >= 0.3 is 0 Å². The monoisotopic (exact) mass is 367 g/mol. The van der Waals surface area contributed by atoms with Crippen LogP contribution in [0, 0.1) is 12.8 Å². The second kappa shape index (κ2) is 8.21. The largest absolute Gasteiger partial charge is 0.338 e. The Morgan fingerprint density at radius 2 is 2.04 bits per heavy atom. The summed E-state index contributed by atoms with van der Waals surface area (Å²) in [7, 11) is 0. The minimum absolute atomic E-state index is 0.176. The van der Waals surface area contributed by atoms with Crippen molar-refractivity contribution in [3.8, 4) is 0 Å². The Morgan fingerprint density at radius 3 is 2.81 bits per heavy atom. The number of carbonyl (C=O) groups is 1. The topological polar surface area (TPSA) is 65.1 Å². The molecule has 0 spiro atoms. The van der Waals surface area contributed by atoms with Crippen LogP contribution < -0.4 is 0 Å². The molecule has 1 amide bonds. The number of rotatable bonds is 6. The maximum Gasteiger partial charge on any atom is 0.230 e. The zero-order valence-electron chi connectivity index (χ0n) is 16.1. The van der Waals surface area contributed by atoms with Crippen LogP contribution in [0.4, 0.5) is 0 Å². The number of aromatic amines is 1. The lowest BCUT2D eigenvalue weighted by atomic mass is 9.94. The molecule has 1 N–H and O–H groups in total. The van der Waals surface area contributed by atoms with Gasteiger partial charge in [0.25, 0.3) is 0 Å². The van der Waals surface area contributed by atoms with E-state index in [1.54, 1.807) is 0 Å². The third kappa shape index (κ3) is 4.56. The van der Waals surface area contributed by atoms with Crippen LogP contribution in [-0.4, -0.2) is 63.1 Å². The normalized spacial score (nSPS) is 22.8. The van der Waals surface area contributed by atoms with Gasteiger partial charge in [-0.05, 0) is 50.6 Å². The van der Waals surface area contributed by atoms with Crippen molar-refractivity contribution in [2.45, 2.75) is 45.1 Å². The highest BCUT2D eigenvalue weighted by Crippen LogP contribution is 2.28. The number of hydrogen-bond acceptors (Lipinski definition) is 4. The van der Waals surface area contributed by atoms with Gasteiger partial charge in [-0.2, -0.15) is 5.10 Å². The Balaban J connectivity index is 1.32. The molecule has 3 fully saturated rings. The summed E-state index contributed by atoms with van der Waals surface area (Å²) in [6, 6.07) is 11.0. The summed E-state index contributed by atoms with van der Waals surface area (Å²) in [5, 5.41) is 6.95. The fourth-order valence-corrected chi connectivity index (χ4v) is 4.52. The van der Waals surface area contributed by atoms with Crippen LogP contribution in [0.5, 0.6) is 0 Å². The van der Waals surface area contributed by atoms with Crippen molar-refractivity contribution in [1.29, 1.82) is 0 Å². The zero-order chi connectivity index (χ0) is 18.6. The van der Waals surface area contributed by atoms with Gasteiger partial charge in [0.05, 0.1) is 6.42 Å². The fraction of sp³-hybridized carbons (Fsp3) is 0.571. The second-order valence-electron chi connectivity index (χ2n) is 8.01. The molecule has 2 aromatic rings. The van der Waals surface area contributed by atoms with Gasteiger partial charge < -0.3 is 9.80 Å². The molecule has 3 saturated heterocycles. The molecule has 0 radical (unpaired) electrons. The summed E-state index contributed by atoms with van der Waals surface area (Å²) in [5.74, 6) is 2.14. The number of nitrogens with zero attached hydrogens (tertiary/aromatic N) is 4. The molecular formula is C21H29N5O. The lowest BCUT2D eigenvalue weighted by molar-refractivity contribution is -0.134. The van der Waals surface area contributed by atoms with Crippen molar-refractivity contribution in [3.05, 3.63) is 47.5 Å². The lowest BCUT2D eigenvalue weighted by Crippen LogP contribution is -2.48. The van der Waals surface area contributed by atoms with Crippen molar-refractivity contribution in [2.24, 2.45) is 5.92 Å². The third-order valence-electron chi connectivity index (χ3n) is 5.84. The number of hydrogen-bond donors (Lipinski definition) is 1. The van der Waals surface area contributed by atoms with Gasteiger partial charge in [0.15, 0.2) is 5.82 Å². The van der Waals surface area contributed by atoms with E-state index >= 15 is 0 Å². The van der Waals surface area contributed by atoms with Gasteiger partial charge in [-0.1, -0.05) is 30.3 Å². The van der Waals surface area contributed by atoms with Crippen molar-refractivity contribution >= 4 is 5.91 Å². The smallest absolute Gasteiger partial charge is 0.230 e. The molecule has 4 heterocycles. The quantitative estimate of drug-likeness (QED) is 0.850. The first-order valence-electron chi connectivity index (χ1n) is 10.1. The van der Waals surface area contributed by atoms with Crippen molar-refractivity contribution in [1.82, 2.24) is 25.0 Å². The minimum Gasteiger partial charge on any atom is -0.338 e. The van der Waals surface area contributed by atoms with E-state index < -0.39 is 0 Å². The first-order valence-corrected chi connectivity index (χ1v) is 10.1. The van der Waals surface area contributed by atoms with Crippen LogP contribution in [0.15, 0.2) is 30.3 Å². The van der Waals surface area contributed by atoms with E-state index in [2.05, 4.69) is 55.3 Å². The van der Waals surface area contributed by atoms with Crippen molar-refractivity contribution < 1.29 is 4.79 Å². The molecule has 2 bridgehead atoms. The zero-order valence-corrected chi connectivity index (χ0v) is 16.1. The van der Waals surface area contributed by atoms with E-state index in [0.717, 1.165) is 44.8 Å². The van der Waals surface area contributed by atoms with E-state index in [4.69, 9.17) is 0 Å². The lowest BCUT2D eigenvalue weighted by Gasteiger charge is -2.36. The Bertz CT molecular complexity index is 759. The molecule has 144 valence electrons. The highest BCUT2D eigenvalue weighted by atomic mass is 16.2. The van der Waals surface area contributed by atoms with Crippen LogP contribution in [0.3, 0.4) is 0 Å². The molecule has 2 atom stereocenters.